The minimum Gasteiger partial charge on any atom is -0.118 e. The third kappa shape index (κ3) is 4.53. The molecule has 0 aliphatic heterocycles. The number of rotatable bonds is 2. The topological polar surface area (TPSA) is 0 Å². The average Bonchev–Trinajstić information content (AvgIpc) is 1.35. The Labute approximate surface area is 43.4 Å². The Hall–Kier alpha value is 0.532. The molecule has 0 fully saturated rings. The molecule has 0 rings (SSSR count). The predicted octanol–water partition coefficient (Wildman–Crippen LogP) is 1.37. The van der Waals surface area contributed by atoms with Gasteiger partial charge in [-0.15, -0.1) is 5.26 Å². The highest BCUT2D eigenvalue weighted by molar-refractivity contribution is 6.08. The fourth-order valence-corrected chi connectivity index (χ4v) is 0.500. The maximum absolute atomic E-state index is 6.94. The molecule has 0 saturated heterocycles. The molecule has 0 aromatic rings. The van der Waals surface area contributed by atoms with Crippen LogP contribution in [0.1, 0.15) is 21.1 Å². The molecule has 0 aromatic carbocycles. The van der Waals surface area contributed by atoms with Gasteiger partial charge in [0.2, 0.25) is 0 Å². The van der Waals surface area contributed by atoms with Crippen molar-refractivity contribution in [1.82, 2.24) is 0 Å². The van der Waals surface area contributed by atoms with E-state index in [4.69, 9.17) is 1.37 Å². The van der Waals surface area contributed by atoms with Gasteiger partial charge in [0.1, 0.15) is 16.3 Å². The minimum atomic E-state index is 0.0648. The first-order valence-electron chi connectivity index (χ1n) is 2.53. The Kier molecular flexibility index (Phi) is 3.37. The first-order valence-corrected chi connectivity index (χ1v) is 2.62. The van der Waals surface area contributed by atoms with Gasteiger partial charge in [0.15, 0.2) is 0 Å². The molecule has 5 heavy (non-hydrogen) atoms. The van der Waals surface area contributed by atoms with Gasteiger partial charge in [-0.05, 0) is 0 Å². The van der Waals surface area contributed by atoms with Crippen LogP contribution in [0.3, 0.4) is 0 Å². The van der Waals surface area contributed by atoms with E-state index < -0.39 is 0 Å². The van der Waals surface area contributed by atoms with Crippen LogP contribution in [0.2, 0.25) is 5.26 Å². The van der Waals surface area contributed by atoms with Crippen LogP contribution < -0.4 is 0 Å². The first kappa shape index (κ1) is 3.71. The highest BCUT2D eigenvalue weighted by Gasteiger charge is 1.67. The Balaban J connectivity index is 2.63. The van der Waals surface area contributed by atoms with E-state index in [-0.39, 0.29) is 5.26 Å². The summed E-state index contributed by atoms with van der Waals surface area (Å²) in [4.78, 5) is 0. The van der Waals surface area contributed by atoms with Crippen LogP contribution in [-0.4, -0.2) is 16.3 Å². The molecule has 2 radical (unpaired) electrons. The molecular weight excluding hydrogens is 75.0 g/mol. The largest absolute Gasteiger partial charge is 0.118 e. The van der Waals surface area contributed by atoms with Crippen molar-refractivity contribution in [2.45, 2.75) is 25.0 Å². The van der Waals surface area contributed by atoms with Crippen molar-refractivity contribution in [3.8, 4) is 0 Å². The molecule has 1 atom stereocenters. The predicted molar refractivity (Wildman–Crippen MR) is 25.5 cm³/mol. The van der Waals surface area contributed by atoms with Gasteiger partial charge in [-0.25, -0.2) is 0 Å². The Bertz CT molecular complexity index is 28.7. The summed E-state index contributed by atoms with van der Waals surface area (Å²) in [5, 5.41) is 0.0648. The summed E-state index contributed by atoms with van der Waals surface area (Å²) in [6.45, 7) is 2.09. The Morgan fingerprint density at radius 1 is 2.00 bits per heavy atom. The van der Waals surface area contributed by atoms with Crippen molar-refractivity contribution in [2.75, 3.05) is 0 Å². The molecule has 0 bridgehead atoms. The van der Waals surface area contributed by atoms with Gasteiger partial charge in [-0.3, -0.25) is 0 Å². The number of hydrogen-bond acceptors (Lipinski definition) is 0. The monoisotopic (exact) mass is 86.1 g/mol. The third-order valence-electron chi connectivity index (χ3n) is 0.455. The van der Waals surface area contributed by atoms with E-state index in [2.05, 4.69) is 23.2 Å². The lowest BCUT2D eigenvalue weighted by atomic mass is 10.4. The van der Waals surface area contributed by atoms with Crippen LogP contribution in [0.5, 0.6) is 0 Å². The van der Waals surface area contributed by atoms with Crippen LogP contribution >= 0.6 is 0 Å². The highest BCUT2D eigenvalue weighted by atomic mass is 27.0. The van der Waals surface area contributed by atoms with E-state index in [0.717, 1.165) is 12.8 Å². The van der Waals surface area contributed by atoms with E-state index in [1.807, 2.05) is 0 Å². The first-order chi connectivity index (χ1) is 2.77. The van der Waals surface area contributed by atoms with Crippen LogP contribution in [0, 0.1) is 0 Å². The van der Waals surface area contributed by atoms with Crippen molar-refractivity contribution < 1.29 is 1.37 Å². The lowest BCUT2D eigenvalue weighted by Crippen LogP contribution is -1.63. The molecule has 0 spiro atoms. The lowest BCUT2D eigenvalue weighted by molar-refractivity contribution is 0.884. The molecule has 0 aliphatic carbocycles. The molecule has 0 heterocycles. The van der Waals surface area contributed by atoms with Crippen molar-refractivity contribution in [3.63, 3.8) is 0 Å². The van der Waals surface area contributed by atoms with Crippen LogP contribution in [-0.2, 0) is 0 Å². The maximum atomic E-state index is 6.94. The summed E-state index contributed by atoms with van der Waals surface area (Å²) in [5.41, 5.74) is 0. The lowest BCUT2D eigenvalue weighted by Gasteiger charge is -1.79. The fourth-order valence-electron chi connectivity index (χ4n) is 0.167. The molecular formula is C4H9Al. The molecule has 0 N–H and O–H groups in total. The molecule has 0 aliphatic rings. The summed E-state index contributed by atoms with van der Waals surface area (Å²) in [6, 6.07) is 0. The standard InChI is InChI=1S/C4H9.Al/c1-3-4-2;/h1,3-4H2,2H3;/i1T;. The fraction of sp³-hybridized carbons (Fsp3) is 1.00. The smallest absolute Gasteiger partial charge is 0.118 e. The van der Waals surface area contributed by atoms with Gasteiger partial charge in [0.25, 0.3) is 0 Å². The number of hydrogen-bond donors (Lipinski definition) is 0. The molecule has 28 valence electrons. The van der Waals surface area contributed by atoms with Crippen molar-refractivity contribution in [1.29, 1.82) is 0 Å². The van der Waals surface area contributed by atoms with E-state index in [1.54, 1.807) is 0 Å². The highest BCUT2D eigenvalue weighted by Crippen LogP contribution is 1.86. The summed E-state index contributed by atoms with van der Waals surface area (Å²) in [5.74, 6) is 0. The SMILES string of the molecule is [3H][CH]([Al])CCC. The Morgan fingerprint density at radius 2 is 2.60 bits per heavy atom. The van der Waals surface area contributed by atoms with Crippen LogP contribution in [0.4, 0.5) is 0 Å². The molecule has 0 amide bonds. The summed E-state index contributed by atoms with van der Waals surface area (Å²) in [7, 11) is 0. The molecule has 0 nitrogen and oxygen atoms in total. The molecule has 1 unspecified atom stereocenters. The average molecular weight is 86.1 g/mol. The van der Waals surface area contributed by atoms with Crippen molar-refractivity contribution in [2.24, 2.45) is 0 Å². The van der Waals surface area contributed by atoms with Gasteiger partial charge in [0, 0.05) is 1.37 Å². The van der Waals surface area contributed by atoms with Gasteiger partial charge in [-0.2, -0.15) is 0 Å². The van der Waals surface area contributed by atoms with E-state index in [0.29, 0.717) is 0 Å². The molecule has 0 aromatic heterocycles. The van der Waals surface area contributed by atoms with Crippen molar-refractivity contribution >= 4 is 16.3 Å². The zero-order chi connectivity index (χ0) is 4.99. The van der Waals surface area contributed by atoms with E-state index in [9.17, 15) is 0 Å². The van der Waals surface area contributed by atoms with Crippen LogP contribution in [0.15, 0.2) is 0 Å². The summed E-state index contributed by atoms with van der Waals surface area (Å²) < 4.78 is 6.94. The summed E-state index contributed by atoms with van der Waals surface area (Å²) >= 11 is 2.45. The minimum absolute atomic E-state index is 0.0648. The normalized spacial score (nSPS) is 17.4. The van der Waals surface area contributed by atoms with Gasteiger partial charge >= 0.3 is 0 Å². The quantitative estimate of drug-likeness (QED) is 0.445. The molecule has 1 heteroatoms. The maximum Gasteiger partial charge on any atom is 0.118 e. The zero-order valence-electron chi connectivity index (χ0n) is 4.57. The van der Waals surface area contributed by atoms with E-state index in [1.165, 1.54) is 0 Å². The third-order valence-corrected chi connectivity index (χ3v) is 0.789. The molecule has 0 saturated carbocycles. The van der Waals surface area contributed by atoms with Gasteiger partial charge in [-0.1, -0.05) is 19.8 Å². The van der Waals surface area contributed by atoms with Gasteiger partial charge < -0.3 is 0 Å². The second kappa shape index (κ2) is 4.53. The zero-order valence-corrected chi connectivity index (χ0v) is 4.72. The second-order valence-electron chi connectivity index (χ2n) is 1.02. The van der Waals surface area contributed by atoms with Crippen LogP contribution in [0.25, 0.3) is 0 Å². The van der Waals surface area contributed by atoms with Crippen molar-refractivity contribution in [3.05, 3.63) is 0 Å². The summed E-state index contributed by atoms with van der Waals surface area (Å²) in [6.07, 6.45) is 2.13. The van der Waals surface area contributed by atoms with Gasteiger partial charge in [0.05, 0.1) is 0 Å². The second-order valence-corrected chi connectivity index (χ2v) is 1.50. The Morgan fingerprint density at radius 3 is 2.60 bits per heavy atom. The van der Waals surface area contributed by atoms with E-state index >= 15 is 0 Å².